The highest BCUT2D eigenvalue weighted by Crippen LogP contribution is 2.48. The van der Waals surface area contributed by atoms with Crippen LogP contribution in [0.3, 0.4) is 0 Å². The van der Waals surface area contributed by atoms with Crippen molar-refractivity contribution >= 4 is 224 Å². The van der Waals surface area contributed by atoms with Crippen LogP contribution in [0.15, 0.2) is 467 Å². The molecule has 0 unspecified atom stereocenters. The lowest BCUT2D eigenvalue weighted by Crippen LogP contribution is -2.10. The maximum atomic E-state index is 5.40. The van der Waals surface area contributed by atoms with Gasteiger partial charge in [-0.2, -0.15) is 0 Å². The molecule has 9 heterocycles. The second-order valence-electron chi connectivity index (χ2n) is 39.6. The predicted molar refractivity (Wildman–Crippen MR) is 610 cm³/mol. The van der Waals surface area contributed by atoms with E-state index in [1.807, 2.05) is 12.1 Å². The summed E-state index contributed by atoms with van der Waals surface area (Å²) >= 11 is 0. The van der Waals surface area contributed by atoms with Gasteiger partial charge in [0.15, 0.2) is 0 Å². The van der Waals surface area contributed by atoms with E-state index >= 15 is 0 Å². The fraction of sp³-hybridized carbons (Fsp3) is 0.0299. The smallest absolute Gasteiger partial charge is 0.221 e. The maximum Gasteiger partial charge on any atom is 0.221 e. The first-order valence-corrected chi connectivity index (χ1v) is 50.0. The van der Waals surface area contributed by atoms with Gasteiger partial charge in [-0.1, -0.05) is 354 Å². The molecule has 0 radical (unpaired) electrons. The molecule has 0 aliphatic heterocycles. The SMILES string of the molecule is CC(C)(C)c1ccc(-c2ccc3c(c2)c2c4ccccc4ccc2n3-c2nc3ccccc3c3nc4ccccc4n23)cc1.c1ccc2c(-c3ccc(-c4ccc5c(c4)c4c6ccccc6ccc4n5-c4nc5ccccc5c5nc6ccccc6n45)cc3)cccc2c1.c1ccc2c(c1)ccc1c2c2cc(-c3ccc4c5ccccc5c5ccccc5c4c3)ccc2n1-c1nc2ccccc2c2nc3ccccc3n12. The van der Waals surface area contributed by atoms with Gasteiger partial charge in [0.25, 0.3) is 0 Å². The third-order valence-electron chi connectivity index (χ3n) is 30.4. The van der Waals surface area contributed by atoms with Crippen LogP contribution in [0.4, 0.5) is 0 Å². The van der Waals surface area contributed by atoms with Crippen molar-refractivity contribution in [2.75, 3.05) is 0 Å². The fourth-order valence-corrected chi connectivity index (χ4v) is 23.6. The zero-order valence-electron chi connectivity index (χ0n) is 79.8. The molecule has 0 aliphatic rings. The molecule has 32 rings (SSSR count). The summed E-state index contributed by atoms with van der Waals surface area (Å²) in [7, 11) is 0. The van der Waals surface area contributed by atoms with E-state index in [9.17, 15) is 0 Å². The molecule has 0 atom stereocenters. The minimum Gasteiger partial charge on any atom is -0.279 e. The van der Waals surface area contributed by atoms with Gasteiger partial charge < -0.3 is 0 Å². The van der Waals surface area contributed by atoms with Gasteiger partial charge in [0.05, 0.1) is 82.8 Å². The van der Waals surface area contributed by atoms with Crippen LogP contribution >= 0.6 is 0 Å². The van der Waals surface area contributed by atoms with E-state index in [0.717, 1.165) is 134 Å². The van der Waals surface area contributed by atoms with Crippen molar-refractivity contribution in [1.29, 1.82) is 0 Å². The number of hydrogen-bond acceptors (Lipinski definition) is 6. The number of rotatable bonds is 7. The van der Waals surface area contributed by atoms with Crippen molar-refractivity contribution in [3.63, 3.8) is 0 Å². The average Bonchev–Trinajstić information content (AvgIpc) is 1.57. The summed E-state index contributed by atoms with van der Waals surface area (Å²) in [6, 6.07) is 168. The Morgan fingerprint density at radius 3 is 0.801 bits per heavy atom. The van der Waals surface area contributed by atoms with E-state index in [1.165, 1.54) is 158 Å². The van der Waals surface area contributed by atoms with Gasteiger partial charge in [0.1, 0.15) is 16.9 Å². The number of aromatic nitrogens is 12. The normalized spacial score (nSPS) is 12.2. The first-order chi connectivity index (χ1) is 72.0. The van der Waals surface area contributed by atoms with E-state index in [1.54, 1.807) is 0 Å². The molecule has 0 spiro atoms. The second-order valence-corrected chi connectivity index (χ2v) is 39.6. The van der Waals surface area contributed by atoms with E-state index in [4.69, 9.17) is 29.9 Å². The first kappa shape index (κ1) is 82.6. The monoisotopic (exact) mass is 1860 g/mol. The minimum absolute atomic E-state index is 0.116. The zero-order valence-corrected chi connectivity index (χ0v) is 79.8. The molecular formula is C134H86N12. The third kappa shape index (κ3) is 12.7. The van der Waals surface area contributed by atoms with Crippen molar-refractivity contribution in [2.45, 2.75) is 26.2 Å². The number of fused-ring (bicyclic) bond motifs is 37. The second kappa shape index (κ2) is 32.1. The standard InChI is InChI=1S/C48H28N4.C46H28N4.C40H30N4/c1-2-12-32-29(11-1)22-26-45-46(32)40-28-31(30-21-24-37-35-15-4-3-13-33(35)34-14-5-6-16-36(34)39(37)27-30)23-25-43(40)51(45)48-50-41-18-8-7-17-38(41)47-49-42-19-9-10-20-44(42)52(47)48;1-3-13-34-30(10-1)12-9-16-35(34)32-22-20-29(21-23-32)33-25-26-41-38(28-33)44-36-14-4-2-11-31(36)24-27-43(44)49(41)46-48-39-17-6-5-15-37(39)45-47-40-18-7-8-19-42(40)50(45)46;1-40(2,3)28-20-16-25(17-21-28)27-19-22-34-31(24-27)37-29-11-5-4-10-26(29)18-23-36(37)43(34)39-42-32-13-7-6-12-30(32)38-41-33-14-8-9-15-35(33)44(38)39/h1-28H;1-28H;4-24H,1-3H3. The fourth-order valence-electron chi connectivity index (χ4n) is 23.6. The van der Waals surface area contributed by atoms with Crippen molar-refractivity contribution in [3.05, 3.63) is 473 Å². The van der Waals surface area contributed by atoms with Gasteiger partial charge in [0.2, 0.25) is 17.8 Å². The van der Waals surface area contributed by atoms with Gasteiger partial charge in [0, 0.05) is 48.5 Å². The molecule has 12 nitrogen and oxygen atoms in total. The minimum atomic E-state index is 0.116. The van der Waals surface area contributed by atoms with Crippen molar-refractivity contribution < 1.29 is 0 Å². The lowest BCUT2D eigenvalue weighted by atomic mass is 9.86. The number of nitrogens with zero attached hydrogens (tertiary/aromatic N) is 12. The maximum absolute atomic E-state index is 5.40. The summed E-state index contributed by atoms with van der Waals surface area (Å²) in [6.45, 7) is 6.78. The first-order valence-electron chi connectivity index (χ1n) is 50.0. The molecule has 0 N–H and O–H groups in total. The molecule has 0 saturated heterocycles. The summed E-state index contributed by atoms with van der Waals surface area (Å²) < 4.78 is 13.7. The van der Waals surface area contributed by atoms with Crippen molar-refractivity contribution in [2.24, 2.45) is 0 Å². The van der Waals surface area contributed by atoms with Gasteiger partial charge in [-0.25, -0.2) is 29.9 Å². The Labute approximate surface area is 835 Å². The van der Waals surface area contributed by atoms with Crippen LogP contribution in [-0.4, -0.2) is 56.8 Å². The summed E-state index contributed by atoms with van der Waals surface area (Å²) in [5.74, 6) is 2.49. The molecule has 0 aliphatic carbocycles. The van der Waals surface area contributed by atoms with Crippen LogP contribution in [0.25, 0.3) is 286 Å². The summed E-state index contributed by atoms with van der Waals surface area (Å²) in [5, 5.41) is 28.0. The highest BCUT2D eigenvalue weighted by atomic mass is 15.3. The Kier molecular flexibility index (Phi) is 18.2. The lowest BCUT2D eigenvalue weighted by molar-refractivity contribution is 0.590. The van der Waals surface area contributed by atoms with Crippen LogP contribution < -0.4 is 0 Å². The summed E-state index contributed by atoms with van der Waals surface area (Å²) in [4.78, 5) is 31.5. The Balaban J connectivity index is 0.000000102. The number of hydrogen-bond donors (Lipinski definition) is 0. The Hall–Kier alpha value is -19.3. The summed E-state index contributed by atoms with van der Waals surface area (Å²) in [6.07, 6.45) is 0. The Morgan fingerprint density at radius 1 is 0.164 bits per heavy atom. The van der Waals surface area contributed by atoms with Crippen LogP contribution in [-0.2, 0) is 5.41 Å². The Morgan fingerprint density at radius 2 is 0.425 bits per heavy atom. The number of imidazole rings is 3. The van der Waals surface area contributed by atoms with Crippen LogP contribution in [0.5, 0.6) is 0 Å². The molecule has 9 aromatic heterocycles. The molecule has 32 aromatic rings. The number of benzene rings is 23. The summed E-state index contributed by atoms with van der Waals surface area (Å²) in [5.41, 5.74) is 29.2. The average molecular weight is 1860 g/mol. The van der Waals surface area contributed by atoms with Gasteiger partial charge >= 0.3 is 0 Å². The molecule has 0 amide bonds. The predicted octanol–water partition coefficient (Wildman–Crippen LogP) is 34.4. The largest absolute Gasteiger partial charge is 0.279 e. The highest BCUT2D eigenvalue weighted by Gasteiger charge is 2.29. The quantitative estimate of drug-likeness (QED) is 0.147. The van der Waals surface area contributed by atoms with Crippen LogP contribution in [0, 0.1) is 0 Å². The zero-order chi connectivity index (χ0) is 96.3. The topological polar surface area (TPSA) is 105 Å². The molecule has 23 aromatic carbocycles. The van der Waals surface area contributed by atoms with Crippen LogP contribution in [0.1, 0.15) is 26.3 Å². The van der Waals surface area contributed by atoms with Gasteiger partial charge in [-0.15, -0.1) is 0 Å². The Bertz CT molecular complexity index is 11100. The van der Waals surface area contributed by atoms with Crippen molar-refractivity contribution in [3.8, 4) is 62.4 Å². The molecule has 146 heavy (non-hydrogen) atoms. The molecular weight excluding hydrogens is 1780 g/mol. The molecule has 0 fully saturated rings. The van der Waals surface area contributed by atoms with E-state index < -0.39 is 0 Å². The van der Waals surface area contributed by atoms with E-state index in [2.05, 4.69) is 503 Å². The van der Waals surface area contributed by atoms with E-state index in [0.29, 0.717) is 0 Å². The lowest BCUT2D eigenvalue weighted by Gasteiger charge is -2.19. The van der Waals surface area contributed by atoms with Crippen LogP contribution in [0.2, 0.25) is 0 Å². The third-order valence-corrected chi connectivity index (χ3v) is 30.4. The van der Waals surface area contributed by atoms with Gasteiger partial charge in [-0.05, 0) is 264 Å². The molecule has 682 valence electrons. The van der Waals surface area contributed by atoms with Crippen molar-refractivity contribution in [1.82, 2.24) is 56.8 Å². The highest BCUT2D eigenvalue weighted by molar-refractivity contribution is 6.28. The number of para-hydroxylation sites is 9. The molecule has 0 saturated carbocycles. The molecule has 12 heteroatoms. The molecule has 0 bridgehead atoms. The van der Waals surface area contributed by atoms with Gasteiger partial charge in [-0.3, -0.25) is 26.9 Å². The van der Waals surface area contributed by atoms with E-state index in [-0.39, 0.29) is 5.41 Å².